The highest BCUT2D eigenvalue weighted by atomic mass is 32.2. The van der Waals surface area contributed by atoms with Crippen molar-refractivity contribution in [3.8, 4) is 5.75 Å². The number of carbonyl (C=O) groups is 1. The SMILES string of the molecule is CCN1CC(C)Oc2ccc(S(=O)(=O)CCC(=O)O)cc21. The molecule has 21 heavy (non-hydrogen) atoms. The van der Waals surface area contributed by atoms with Crippen molar-refractivity contribution in [3.63, 3.8) is 0 Å². The first-order valence-electron chi connectivity index (χ1n) is 6.83. The Labute approximate surface area is 124 Å². The number of anilines is 1. The third-order valence-corrected chi connectivity index (χ3v) is 5.12. The maximum absolute atomic E-state index is 12.2. The van der Waals surface area contributed by atoms with Crippen molar-refractivity contribution in [1.29, 1.82) is 0 Å². The molecule has 1 heterocycles. The highest BCUT2D eigenvalue weighted by Gasteiger charge is 2.25. The second-order valence-electron chi connectivity index (χ2n) is 5.06. The van der Waals surface area contributed by atoms with Gasteiger partial charge < -0.3 is 14.7 Å². The molecule has 0 aromatic heterocycles. The zero-order valence-corrected chi connectivity index (χ0v) is 12.9. The summed E-state index contributed by atoms with van der Waals surface area (Å²) in [4.78, 5) is 12.7. The van der Waals surface area contributed by atoms with Crippen molar-refractivity contribution in [2.45, 2.75) is 31.3 Å². The van der Waals surface area contributed by atoms with Gasteiger partial charge in [-0.3, -0.25) is 4.79 Å². The minimum absolute atomic E-state index is 0.0481. The molecular formula is C14H19NO5S. The molecule has 7 heteroatoms. The lowest BCUT2D eigenvalue weighted by molar-refractivity contribution is -0.136. The lowest BCUT2D eigenvalue weighted by atomic mass is 10.2. The van der Waals surface area contributed by atoms with Gasteiger partial charge in [0, 0.05) is 6.54 Å². The Balaban J connectivity index is 2.34. The van der Waals surface area contributed by atoms with Crippen molar-refractivity contribution >= 4 is 21.5 Å². The number of fused-ring (bicyclic) bond motifs is 1. The number of carboxylic acids is 1. The Bertz CT molecular complexity index is 641. The van der Waals surface area contributed by atoms with Crippen LogP contribution in [0.25, 0.3) is 0 Å². The van der Waals surface area contributed by atoms with Crippen molar-refractivity contribution in [3.05, 3.63) is 18.2 Å². The topological polar surface area (TPSA) is 83.9 Å². The fourth-order valence-corrected chi connectivity index (χ4v) is 3.58. The summed E-state index contributed by atoms with van der Waals surface area (Å²) in [6, 6.07) is 4.69. The molecule has 1 aliphatic heterocycles. The van der Waals surface area contributed by atoms with E-state index in [-0.39, 0.29) is 11.0 Å². The van der Waals surface area contributed by atoms with Crippen LogP contribution in [-0.2, 0) is 14.6 Å². The third-order valence-electron chi connectivity index (χ3n) is 3.40. The van der Waals surface area contributed by atoms with Gasteiger partial charge in [0.2, 0.25) is 0 Å². The highest BCUT2D eigenvalue weighted by Crippen LogP contribution is 2.35. The van der Waals surface area contributed by atoms with E-state index in [9.17, 15) is 13.2 Å². The Morgan fingerprint density at radius 3 is 2.81 bits per heavy atom. The lowest BCUT2D eigenvalue weighted by Gasteiger charge is -2.34. The lowest BCUT2D eigenvalue weighted by Crippen LogP contribution is -2.38. The average molecular weight is 313 g/mol. The van der Waals surface area contributed by atoms with Crippen LogP contribution < -0.4 is 9.64 Å². The van der Waals surface area contributed by atoms with E-state index in [4.69, 9.17) is 9.84 Å². The smallest absolute Gasteiger partial charge is 0.304 e. The number of ether oxygens (including phenoxy) is 1. The summed E-state index contributed by atoms with van der Waals surface area (Å²) in [6.07, 6.45) is -0.350. The van der Waals surface area contributed by atoms with E-state index in [2.05, 4.69) is 4.90 Å². The number of likely N-dealkylation sites (N-methyl/N-ethyl adjacent to an activating group) is 1. The van der Waals surface area contributed by atoms with Gasteiger partial charge in [0.1, 0.15) is 11.9 Å². The highest BCUT2D eigenvalue weighted by molar-refractivity contribution is 7.91. The normalized spacial score (nSPS) is 18.0. The number of rotatable bonds is 5. The molecule has 116 valence electrons. The molecule has 1 N–H and O–H groups in total. The third kappa shape index (κ3) is 3.47. The maximum atomic E-state index is 12.2. The summed E-state index contributed by atoms with van der Waals surface area (Å²) < 4.78 is 30.0. The van der Waals surface area contributed by atoms with Gasteiger partial charge in [-0.2, -0.15) is 0 Å². The first kappa shape index (κ1) is 15.6. The molecule has 0 spiro atoms. The van der Waals surface area contributed by atoms with Crippen LogP contribution in [0.3, 0.4) is 0 Å². The first-order chi connectivity index (χ1) is 9.83. The van der Waals surface area contributed by atoms with Gasteiger partial charge in [0.25, 0.3) is 0 Å². The van der Waals surface area contributed by atoms with Gasteiger partial charge in [0.15, 0.2) is 9.84 Å². The molecule has 0 radical (unpaired) electrons. The van der Waals surface area contributed by atoms with Crippen LogP contribution in [0.15, 0.2) is 23.1 Å². The van der Waals surface area contributed by atoms with Crippen molar-refractivity contribution in [2.24, 2.45) is 0 Å². The summed E-state index contributed by atoms with van der Waals surface area (Å²) in [5.74, 6) is -0.860. The summed E-state index contributed by atoms with van der Waals surface area (Å²) >= 11 is 0. The van der Waals surface area contributed by atoms with E-state index >= 15 is 0 Å². The van der Waals surface area contributed by atoms with Crippen molar-refractivity contribution in [2.75, 3.05) is 23.7 Å². The zero-order valence-electron chi connectivity index (χ0n) is 12.1. The van der Waals surface area contributed by atoms with Gasteiger partial charge in [-0.1, -0.05) is 0 Å². The van der Waals surface area contributed by atoms with E-state index in [0.717, 1.165) is 12.2 Å². The fraction of sp³-hybridized carbons (Fsp3) is 0.500. The molecule has 0 fully saturated rings. The molecular weight excluding hydrogens is 294 g/mol. The Kier molecular flexibility index (Phi) is 4.41. The quantitative estimate of drug-likeness (QED) is 0.888. The van der Waals surface area contributed by atoms with Crippen LogP contribution in [0.2, 0.25) is 0 Å². The van der Waals surface area contributed by atoms with Crippen LogP contribution in [0.4, 0.5) is 5.69 Å². The molecule has 6 nitrogen and oxygen atoms in total. The molecule has 1 aromatic carbocycles. The molecule has 1 aliphatic rings. The van der Waals surface area contributed by atoms with Crippen molar-refractivity contribution in [1.82, 2.24) is 0 Å². The van der Waals surface area contributed by atoms with Crippen LogP contribution in [-0.4, -0.2) is 44.4 Å². The van der Waals surface area contributed by atoms with E-state index in [1.165, 1.54) is 6.07 Å². The van der Waals surface area contributed by atoms with Crippen LogP contribution in [0.1, 0.15) is 20.3 Å². The molecule has 1 unspecified atom stereocenters. The average Bonchev–Trinajstić information content (AvgIpc) is 2.43. The van der Waals surface area contributed by atoms with Crippen molar-refractivity contribution < 1.29 is 23.1 Å². The maximum Gasteiger partial charge on any atom is 0.304 e. The fourth-order valence-electron chi connectivity index (χ4n) is 2.34. The first-order valence-corrected chi connectivity index (χ1v) is 8.49. The summed E-state index contributed by atoms with van der Waals surface area (Å²) in [6.45, 7) is 5.40. The number of hydrogen-bond acceptors (Lipinski definition) is 5. The van der Waals surface area contributed by atoms with Crippen LogP contribution >= 0.6 is 0 Å². The number of nitrogens with zero attached hydrogens (tertiary/aromatic N) is 1. The van der Waals surface area contributed by atoms with E-state index in [1.807, 2.05) is 13.8 Å². The number of sulfone groups is 1. The van der Waals surface area contributed by atoms with E-state index < -0.39 is 28.0 Å². The summed E-state index contributed by atoms with van der Waals surface area (Å²) in [5.41, 5.74) is 0.743. The molecule has 0 saturated heterocycles. The number of carboxylic acid groups (broad SMARTS) is 1. The summed E-state index contributed by atoms with van der Waals surface area (Å²) in [5, 5.41) is 8.63. The number of hydrogen-bond donors (Lipinski definition) is 1. The van der Waals surface area contributed by atoms with Crippen LogP contribution in [0, 0.1) is 0 Å². The van der Waals surface area contributed by atoms with Gasteiger partial charge in [-0.05, 0) is 32.0 Å². The molecule has 0 aliphatic carbocycles. The van der Waals surface area contributed by atoms with Crippen LogP contribution in [0.5, 0.6) is 5.75 Å². The van der Waals surface area contributed by atoms with Gasteiger partial charge in [0.05, 0.1) is 29.3 Å². The Hall–Kier alpha value is -1.76. The van der Waals surface area contributed by atoms with Gasteiger partial charge in [-0.25, -0.2) is 8.42 Å². The Morgan fingerprint density at radius 1 is 1.48 bits per heavy atom. The molecule has 0 bridgehead atoms. The molecule has 1 atom stereocenters. The number of aliphatic carboxylic acids is 1. The minimum Gasteiger partial charge on any atom is -0.487 e. The van der Waals surface area contributed by atoms with Gasteiger partial charge in [-0.15, -0.1) is 0 Å². The second kappa shape index (κ2) is 5.93. The predicted molar refractivity (Wildman–Crippen MR) is 78.7 cm³/mol. The Morgan fingerprint density at radius 2 is 2.19 bits per heavy atom. The monoisotopic (exact) mass is 313 g/mol. The minimum atomic E-state index is -3.60. The molecule has 0 saturated carbocycles. The summed E-state index contributed by atoms with van der Waals surface area (Å²) in [7, 11) is -3.60. The molecule has 0 amide bonds. The number of benzene rings is 1. The van der Waals surface area contributed by atoms with E-state index in [0.29, 0.717) is 12.3 Å². The van der Waals surface area contributed by atoms with Gasteiger partial charge >= 0.3 is 5.97 Å². The second-order valence-corrected chi connectivity index (χ2v) is 7.17. The molecule has 1 aromatic rings. The molecule has 2 rings (SSSR count). The zero-order chi connectivity index (χ0) is 15.6. The largest absolute Gasteiger partial charge is 0.487 e. The van der Waals surface area contributed by atoms with E-state index in [1.54, 1.807) is 12.1 Å². The standard InChI is InChI=1S/C14H19NO5S/c1-3-15-9-10(2)20-13-5-4-11(8-12(13)15)21(18,19)7-6-14(16)17/h4-5,8,10H,3,6-7,9H2,1-2H3,(H,16,17). The predicted octanol–water partition coefficient (Wildman–Crippen LogP) is 1.54.